The van der Waals surface area contributed by atoms with Gasteiger partial charge in [0.05, 0.1) is 22.6 Å². The van der Waals surface area contributed by atoms with Gasteiger partial charge in [-0.05, 0) is 75.3 Å². The molecule has 1 radical (unpaired) electrons. The summed E-state index contributed by atoms with van der Waals surface area (Å²) in [7, 11) is 0. The van der Waals surface area contributed by atoms with Crippen molar-refractivity contribution < 1.29 is 28.9 Å². The van der Waals surface area contributed by atoms with Gasteiger partial charge < -0.3 is 4.57 Å². The fourth-order valence-electron chi connectivity index (χ4n) is 8.02. The summed E-state index contributed by atoms with van der Waals surface area (Å²) in [5, 5.41) is 2.05. The molecule has 65 heavy (non-hydrogen) atoms. The van der Waals surface area contributed by atoms with Crippen molar-refractivity contribution in [2.45, 2.75) is 17.3 Å². The Morgan fingerprint density at radius 2 is 1.31 bits per heavy atom. The van der Waals surface area contributed by atoms with Crippen LogP contribution in [0.1, 0.15) is 0 Å². The summed E-state index contributed by atoms with van der Waals surface area (Å²) < 4.78 is 35.1. The summed E-state index contributed by atoms with van der Waals surface area (Å²) in [5.41, 5.74) is 10.3. The molecule has 4 aromatic heterocycles. The van der Waals surface area contributed by atoms with Crippen LogP contribution in [0, 0.1) is 23.8 Å². The van der Waals surface area contributed by atoms with Crippen LogP contribution in [0.25, 0.3) is 93.0 Å². The van der Waals surface area contributed by atoms with Crippen molar-refractivity contribution in [2.75, 3.05) is 0 Å². The molecule has 0 unspecified atom stereocenters. The first-order valence-electron chi connectivity index (χ1n) is 21.0. The Labute approximate surface area is 397 Å². The van der Waals surface area contributed by atoms with E-state index in [1.807, 2.05) is 102 Å². The van der Waals surface area contributed by atoms with Crippen LogP contribution in [0.4, 0.5) is 8.78 Å². The molecule has 319 valence electrons. The first-order valence-corrected chi connectivity index (χ1v) is 29.2. The van der Waals surface area contributed by atoms with Gasteiger partial charge in [-0.25, -0.2) is 8.78 Å². The van der Waals surface area contributed by atoms with Gasteiger partial charge in [-0.2, -0.15) is 11.3 Å². The van der Waals surface area contributed by atoms with Crippen molar-refractivity contribution in [3.8, 4) is 61.8 Å². The molecule has 0 amide bonds. The first-order chi connectivity index (χ1) is 31.2. The van der Waals surface area contributed by atoms with E-state index in [2.05, 4.69) is 89.0 Å². The smallest absolute Gasteiger partial charge is 0 e. The molecule has 0 saturated heterocycles. The molecular weight excluding hydrogens is 1060 g/mol. The standard InChI is InChI=1S/C42H24F2N3S.C14H16GeN.Ir/c43-30-20-17-28(18-21-30)37-24-34-32-13-7-14-33(41(32)48-39(34)25-45-37)42-46-36-16-8-15-35(44)40(36)47(42)38-23-29(26-9-3-1-4-10-26)19-22-31(38)27-11-5-2-6-12-27;1-15(2,3)13-9-10-14(16-11-13)12-7-5-4-6-8-12;/h1-13,15-25H;4-7,9-11H,1-3H3;/q2*-1;. The number of thiophene rings is 1. The number of pyridine rings is 2. The van der Waals surface area contributed by atoms with E-state index in [1.165, 1.54) is 22.6 Å². The quantitative estimate of drug-likeness (QED) is 0.118. The van der Waals surface area contributed by atoms with Crippen LogP contribution in [0.2, 0.25) is 17.3 Å². The molecule has 7 aromatic carbocycles. The minimum atomic E-state index is -1.72. The number of aromatic nitrogens is 4. The maximum atomic E-state index is 16.0. The predicted molar refractivity (Wildman–Crippen MR) is 264 cm³/mol. The molecule has 0 atom stereocenters. The molecule has 11 aromatic rings. The van der Waals surface area contributed by atoms with Crippen LogP contribution in [-0.4, -0.2) is 32.8 Å². The van der Waals surface area contributed by atoms with Crippen LogP contribution in [0.3, 0.4) is 0 Å². The summed E-state index contributed by atoms with van der Waals surface area (Å²) in [6, 6.07) is 63.1. The molecule has 0 saturated carbocycles. The number of hydrogen-bond acceptors (Lipinski definition) is 4. The molecule has 11 rings (SSSR count). The number of rotatable bonds is 7. The number of nitrogens with zero attached hydrogens (tertiary/aromatic N) is 4. The van der Waals surface area contributed by atoms with E-state index in [0.717, 1.165) is 76.2 Å². The van der Waals surface area contributed by atoms with E-state index in [9.17, 15) is 4.39 Å². The van der Waals surface area contributed by atoms with Crippen molar-refractivity contribution in [1.29, 1.82) is 0 Å². The van der Waals surface area contributed by atoms with Gasteiger partial charge >= 0.3 is 99.8 Å². The van der Waals surface area contributed by atoms with E-state index >= 15 is 4.39 Å². The molecule has 4 heterocycles. The van der Waals surface area contributed by atoms with Crippen molar-refractivity contribution in [3.63, 3.8) is 0 Å². The van der Waals surface area contributed by atoms with Crippen LogP contribution in [-0.2, 0) is 20.1 Å². The second kappa shape index (κ2) is 18.6. The number of benzene rings is 7. The Bertz CT molecular complexity index is 3430. The Kier molecular flexibility index (Phi) is 12.5. The van der Waals surface area contributed by atoms with Gasteiger partial charge in [0.2, 0.25) is 0 Å². The zero-order valence-corrected chi connectivity index (χ0v) is 41.0. The van der Waals surface area contributed by atoms with Crippen molar-refractivity contribution in [3.05, 3.63) is 212 Å². The van der Waals surface area contributed by atoms with Crippen LogP contribution < -0.4 is 4.40 Å². The molecule has 0 N–H and O–H groups in total. The normalized spacial score (nSPS) is 11.3. The molecule has 0 spiro atoms. The SMILES string of the molecule is Fc1ccc(-c2cc3c(cn2)sc2c(-c4nc5cccc(F)c5n4-c4cc(-c5ccccc5)ccc4-c4ccccc4)[c-]ccc23)cc1.[CH3][Ge]([CH3])([CH3])[c]1ccc(-c2[c-]cccc2)nc1.[Ir]. The van der Waals surface area contributed by atoms with E-state index in [-0.39, 0.29) is 31.7 Å². The Balaban J connectivity index is 0.000000266. The summed E-state index contributed by atoms with van der Waals surface area (Å²) >= 11 is -0.109. The minimum absolute atomic E-state index is 0. The Hall–Kier alpha value is -6.42. The molecule has 9 heteroatoms. The molecule has 4 nitrogen and oxygen atoms in total. The largest absolute Gasteiger partial charge is 0 e. The monoisotopic (exact) mass is 1110 g/mol. The number of hydrogen-bond donors (Lipinski definition) is 0. The van der Waals surface area contributed by atoms with Crippen molar-refractivity contribution >= 4 is 60.2 Å². The second-order valence-electron chi connectivity index (χ2n) is 16.6. The summed E-state index contributed by atoms with van der Waals surface area (Å²) in [5.74, 6) is 7.10. The molecule has 0 aliphatic heterocycles. The molecule has 0 fully saturated rings. The maximum Gasteiger partial charge on any atom is 0 e. The third kappa shape index (κ3) is 8.87. The molecule has 0 bridgehead atoms. The Morgan fingerprint density at radius 1 is 0.585 bits per heavy atom. The number of imidazole rings is 1. The first kappa shape index (κ1) is 43.8. The maximum absolute atomic E-state index is 16.0. The van der Waals surface area contributed by atoms with Gasteiger partial charge in [0.1, 0.15) is 11.6 Å². The van der Waals surface area contributed by atoms with Crippen LogP contribution in [0.15, 0.2) is 188 Å². The molecule has 0 aliphatic carbocycles. The fraction of sp³-hybridized carbons (Fsp3) is 0.0536. The van der Waals surface area contributed by atoms with Crippen LogP contribution in [0.5, 0.6) is 0 Å². The predicted octanol–water partition coefficient (Wildman–Crippen LogP) is 14.6. The zero-order chi connectivity index (χ0) is 43.8. The average Bonchev–Trinajstić information content (AvgIpc) is 3.92. The van der Waals surface area contributed by atoms with Gasteiger partial charge in [0.15, 0.2) is 0 Å². The molecule has 0 aliphatic rings. The fourth-order valence-corrected chi connectivity index (χ4v) is 11.3. The average molecular weight is 1100 g/mol. The molecular formula is C56H40F2GeIrN4S-2. The van der Waals surface area contributed by atoms with Crippen molar-refractivity contribution in [1.82, 2.24) is 19.5 Å². The van der Waals surface area contributed by atoms with E-state index < -0.39 is 13.3 Å². The minimum Gasteiger partial charge on any atom is 0 e. The van der Waals surface area contributed by atoms with Gasteiger partial charge in [0.25, 0.3) is 0 Å². The van der Waals surface area contributed by atoms with Gasteiger partial charge in [-0.15, -0.1) is 18.2 Å². The second-order valence-corrected chi connectivity index (χ2v) is 28.3. The van der Waals surface area contributed by atoms with Gasteiger partial charge in [-0.3, -0.25) is 9.97 Å². The topological polar surface area (TPSA) is 43.6 Å². The van der Waals surface area contributed by atoms with Gasteiger partial charge in [-0.1, -0.05) is 89.8 Å². The third-order valence-corrected chi connectivity index (χ3v) is 16.8. The van der Waals surface area contributed by atoms with E-state index in [4.69, 9.17) is 9.97 Å². The van der Waals surface area contributed by atoms with Gasteiger partial charge in [0, 0.05) is 47.8 Å². The van der Waals surface area contributed by atoms with E-state index in [1.54, 1.807) is 29.5 Å². The van der Waals surface area contributed by atoms with Crippen molar-refractivity contribution in [2.24, 2.45) is 0 Å². The number of fused-ring (bicyclic) bond motifs is 4. The summed E-state index contributed by atoms with van der Waals surface area (Å²) in [6.07, 6.45) is 3.90. The summed E-state index contributed by atoms with van der Waals surface area (Å²) in [4.78, 5) is 14.3. The zero-order valence-electron chi connectivity index (χ0n) is 35.7. The summed E-state index contributed by atoms with van der Waals surface area (Å²) in [6.45, 7) is 0. The third-order valence-electron chi connectivity index (χ3n) is 11.4. The van der Waals surface area contributed by atoms with Crippen LogP contribution >= 0.6 is 11.3 Å². The Morgan fingerprint density at radius 3 is 2.02 bits per heavy atom. The number of para-hydroxylation sites is 1. The number of halogens is 2. The van der Waals surface area contributed by atoms with E-state index in [0.29, 0.717) is 16.9 Å².